The van der Waals surface area contributed by atoms with E-state index in [0.29, 0.717) is 18.7 Å². The van der Waals surface area contributed by atoms with E-state index in [0.717, 1.165) is 0 Å². The molecule has 1 aliphatic rings. The highest BCUT2D eigenvalue weighted by molar-refractivity contribution is 7.89. The van der Waals surface area contributed by atoms with Crippen LogP contribution in [-0.4, -0.2) is 61.2 Å². The Morgan fingerprint density at radius 1 is 1.36 bits per heavy atom. The quantitative estimate of drug-likeness (QED) is 0.852. The highest BCUT2D eigenvalue weighted by atomic mass is 32.2. The van der Waals surface area contributed by atoms with Gasteiger partial charge in [-0.3, -0.25) is 0 Å². The average Bonchev–Trinajstić information content (AvgIpc) is 2.44. The summed E-state index contributed by atoms with van der Waals surface area (Å²) in [5.74, 6) is 0.0104. The zero-order chi connectivity index (χ0) is 18.8. The van der Waals surface area contributed by atoms with Crippen molar-refractivity contribution in [1.82, 2.24) is 9.21 Å². The zero-order valence-electron chi connectivity index (χ0n) is 15.1. The first-order valence-electron chi connectivity index (χ1n) is 8.17. The fraction of sp³-hybridized carbons (Fsp3) is 0.588. The minimum atomic E-state index is -3.57. The van der Waals surface area contributed by atoms with Crippen molar-refractivity contribution in [2.24, 2.45) is 5.92 Å². The number of ether oxygens (including phenoxy) is 1. The fourth-order valence-electron chi connectivity index (χ4n) is 2.47. The van der Waals surface area contributed by atoms with E-state index >= 15 is 0 Å². The molecule has 1 N–H and O–H groups in total. The number of sulfonamides is 1. The van der Waals surface area contributed by atoms with Gasteiger partial charge in [-0.25, -0.2) is 13.2 Å². The SMILES string of the molecule is CN(Cc1cccc(S(=O)(=O)N2CC(CO)C2)c1)C(=O)OC(C)(C)C. The highest BCUT2D eigenvalue weighted by Gasteiger charge is 2.36. The number of amides is 1. The molecular weight excluding hydrogens is 344 g/mol. The van der Waals surface area contributed by atoms with Crippen LogP contribution in [0.2, 0.25) is 0 Å². The molecule has 1 heterocycles. The lowest BCUT2D eigenvalue weighted by Gasteiger charge is -2.37. The van der Waals surface area contributed by atoms with E-state index in [4.69, 9.17) is 9.84 Å². The van der Waals surface area contributed by atoms with Crippen LogP contribution in [0.4, 0.5) is 4.79 Å². The summed E-state index contributed by atoms with van der Waals surface area (Å²) in [5.41, 5.74) is 0.116. The third-order valence-corrected chi connectivity index (χ3v) is 5.67. The molecule has 7 nitrogen and oxygen atoms in total. The van der Waals surface area contributed by atoms with E-state index in [9.17, 15) is 13.2 Å². The summed E-state index contributed by atoms with van der Waals surface area (Å²) in [6, 6.07) is 6.54. The second-order valence-electron chi connectivity index (χ2n) is 7.35. The van der Waals surface area contributed by atoms with Crippen LogP contribution in [0, 0.1) is 5.92 Å². The molecule has 0 aliphatic carbocycles. The summed E-state index contributed by atoms with van der Waals surface area (Å²) in [4.78, 5) is 13.6. The van der Waals surface area contributed by atoms with Crippen molar-refractivity contribution in [1.29, 1.82) is 0 Å². The second-order valence-corrected chi connectivity index (χ2v) is 9.29. The lowest BCUT2D eigenvalue weighted by Crippen LogP contribution is -2.51. The van der Waals surface area contributed by atoms with Gasteiger partial charge in [-0.1, -0.05) is 12.1 Å². The van der Waals surface area contributed by atoms with Crippen LogP contribution < -0.4 is 0 Å². The number of benzene rings is 1. The molecule has 25 heavy (non-hydrogen) atoms. The Morgan fingerprint density at radius 2 is 2.00 bits per heavy atom. The maximum atomic E-state index is 12.6. The van der Waals surface area contributed by atoms with Gasteiger partial charge < -0.3 is 14.7 Å². The number of hydrogen-bond acceptors (Lipinski definition) is 5. The largest absolute Gasteiger partial charge is 0.444 e. The number of hydrogen-bond donors (Lipinski definition) is 1. The topological polar surface area (TPSA) is 87.2 Å². The van der Waals surface area contributed by atoms with Crippen LogP contribution in [0.1, 0.15) is 26.3 Å². The van der Waals surface area contributed by atoms with E-state index < -0.39 is 21.7 Å². The van der Waals surface area contributed by atoms with Gasteiger partial charge in [0.2, 0.25) is 10.0 Å². The molecule has 140 valence electrons. The molecule has 0 aromatic heterocycles. The van der Waals surface area contributed by atoms with Crippen molar-refractivity contribution in [3.63, 3.8) is 0 Å². The van der Waals surface area contributed by atoms with E-state index in [2.05, 4.69) is 0 Å². The molecule has 1 amide bonds. The Kier molecular flexibility index (Phi) is 5.75. The van der Waals surface area contributed by atoms with E-state index in [1.807, 2.05) is 0 Å². The maximum absolute atomic E-state index is 12.6. The molecule has 1 aliphatic heterocycles. The summed E-state index contributed by atoms with van der Waals surface area (Å²) in [7, 11) is -1.96. The van der Waals surface area contributed by atoms with Crippen molar-refractivity contribution in [2.75, 3.05) is 26.7 Å². The first kappa shape index (κ1) is 19.7. The molecule has 2 rings (SSSR count). The number of aliphatic hydroxyl groups is 1. The summed E-state index contributed by atoms with van der Waals surface area (Å²) >= 11 is 0. The molecule has 1 aromatic rings. The maximum Gasteiger partial charge on any atom is 0.410 e. The van der Waals surface area contributed by atoms with Crippen LogP contribution in [0.3, 0.4) is 0 Å². The normalized spacial score (nSPS) is 16.4. The summed E-state index contributed by atoms with van der Waals surface area (Å²) in [6.07, 6.45) is -0.464. The van der Waals surface area contributed by atoms with Crippen LogP contribution >= 0.6 is 0 Å². The van der Waals surface area contributed by atoms with Gasteiger partial charge in [-0.05, 0) is 38.5 Å². The van der Waals surface area contributed by atoms with E-state index in [1.165, 1.54) is 9.21 Å². The Labute approximate surface area is 149 Å². The van der Waals surface area contributed by atoms with E-state index in [1.54, 1.807) is 52.1 Å². The molecule has 0 spiro atoms. The molecule has 1 aromatic carbocycles. The van der Waals surface area contributed by atoms with Crippen molar-refractivity contribution < 1.29 is 23.1 Å². The number of carbonyl (C=O) groups excluding carboxylic acids is 1. The molecular formula is C17H26N2O5S. The molecule has 0 radical (unpaired) electrons. The molecule has 0 atom stereocenters. The summed E-state index contributed by atoms with van der Waals surface area (Å²) < 4.78 is 31.8. The minimum absolute atomic E-state index is 0.00720. The van der Waals surface area contributed by atoms with Gasteiger partial charge in [0.1, 0.15) is 5.60 Å². The van der Waals surface area contributed by atoms with E-state index in [-0.39, 0.29) is 24.0 Å². The number of carbonyl (C=O) groups is 1. The summed E-state index contributed by atoms with van der Waals surface area (Å²) in [5, 5.41) is 9.05. The number of aliphatic hydroxyl groups excluding tert-OH is 1. The number of rotatable bonds is 5. The lowest BCUT2D eigenvalue weighted by atomic mass is 10.1. The smallest absolute Gasteiger partial charge is 0.410 e. The van der Waals surface area contributed by atoms with Crippen LogP contribution in [0.25, 0.3) is 0 Å². The van der Waals surface area contributed by atoms with Gasteiger partial charge in [0, 0.05) is 39.2 Å². The predicted octanol–water partition coefficient (Wildman–Crippen LogP) is 1.67. The Balaban J connectivity index is 2.07. The second kappa shape index (κ2) is 7.31. The van der Waals surface area contributed by atoms with Gasteiger partial charge in [0.15, 0.2) is 0 Å². The van der Waals surface area contributed by atoms with Crippen molar-refractivity contribution in [3.8, 4) is 0 Å². The zero-order valence-corrected chi connectivity index (χ0v) is 15.9. The third kappa shape index (κ3) is 4.93. The Hall–Kier alpha value is -1.64. The first-order valence-corrected chi connectivity index (χ1v) is 9.61. The van der Waals surface area contributed by atoms with Crippen LogP contribution in [0.5, 0.6) is 0 Å². The third-order valence-electron chi connectivity index (χ3n) is 3.84. The molecule has 1 fully saturated rings. The van der Waals surface area contributed by atoms with Crippen molar-refractivity contribution in [2.45, 2.75) is 37.8 Å². The van der Waals surface area contributed by atoms with Gasteiger partial charge >= 0.3 is 6.09 Å². The van der Waals surface area contributed by atoms with Crippen LogP contribution in [0.15, 0.2) is 29.2 Å². The Bertz CT molecular complexity index is 721. The number of nitrogens with zero attached hydrogens (tertiary/aromatic N) is 2. The highest BCUT2D eigenvalue weighted by Crippen LogP contribution is 2.25. The standard InChI is InChI=1S/C17H26N2O5S/c1-17(2,3)24-16(21)18(4)9-13-6-5-7-15(8-13)25(22,23)19-10-14(11-19)12-20/h5-8,14,20H,9-12H2,1-4H3. The van der Waals surface area contributed by atoms with Gasteiger partial charge in [0.25, 0.3) is 0 Å². The molecule has 1 saturated heterocycles. The Morgan fingerprint density at radius 3 is 2.56 bits per heavy atom. The van der Waals surface area contributed by atoms with Crippen LogP contribution in [-0.2, 0) is 21.3 Å². The lowest BCUT2D eigenvalue weighted by molar-refractivity contribution is 0.0285. The first-order chi connectivity index (χ1) is 11.5. The summed E-state index contributed by atoms with van der Waals surface area (Å²) in [6.45, 7) is 6.28. The van der Waals surface area contributed by atoms with Gasteiger partial charge in [-0.2, -0.15) is 4.31 Å². The molecule has 0 saturated carbocycles. The van der Waals surface area contributed by atoms with Crippen molar-refractivity contribution >= 4 is 16.1 Å². The minimum Gasteiger partial charge on any atom is -0.444 e. The monoisotopic (exact) mass is 370 g/mol. The molecule has 0 unspecified atom stereocenters. The average molecular weight is 370 g/mol. The fourth-order valence-corrected chi connectivity index (χ4v) is 4.13. The molecule has 0 bridgehead atoms. The van der Waals surface area contributed by atoms with Crippen molar-refractivity contribution in [3.05, 3.63) is 29.8 Å². The predicted molar refractivity (Wildman–Crippen MR) is 93.5 cm³/mol. The van der Waals surface area contributed by atoms with Gasteiger partial charge in [0.05, 0.1) is 4.90 Å². The van der Waals surface area contributed by atoms with Gasteiger partial charge in [-0.15, -0.1) is 0 Å². The molecule has 8 heteroatoms.